The zero-order chi connectivity index (χ0) is 11.8. The molecule has 2 aromatic rings. The topological polar surface area (TPSA) is 29.9 Å². The minimum absolute atomic E-state index is 0.376. The number of anilines is 1. The number of hydrogen-bond donors (Lipinski definition) is 1. The van der Waals surface area contributed by atoms with Crippen LogP contribution in [0.1, 0.15) is 29.3 Å². The molecule has 0 bridgehead atoms. The van der Waals surface area contributed by atoms with Gasteiger partial charge in [-0.2, -0.15) is 5.10 Å². The van der Waals surface area contributed by atoms with E-state index in [1.807, 2.05) is 6.92 Å². The Morgan fingerprint density at radius 1 is 1.24 bits per heavy atom. The molecule has 1 N–H and O–H groups in total. The molecule has 0 radical (unpaired) electrons. The summed E-state index contributed by atoms with van der Waals surface area (Å²) in [5.74, 6) is 1.14. The van der Waals surface area contributed by atoms with Crippen molar-refractivity contribution in [2.24, 2.45) is 0 Å². The van der Waals surface area contributed by atoms with Crippen molar-refractivity contribution in [1.29, 1.82) is 0 Å². The average Bonchev–Trinajstić information content (AvgIpc) is 2.70. The van der Waals surface area contributed by atoms with Crippen molar-refractivity contribution in [3.8, 4) is 0 Å². The summed E-state index contributed by atoms with van der Waals surface area (Å²) in [6.45, 7) is 5.18. The lowest BCUT2D eigenvalue weighted by molar-refractivity contribution is 0.479. The molecule has 1 aliphatic heterocycles. The summed E-state index contributed by atoms with van der Waals surface area (Å²) in [5, 5.41) is 7.98. The third-order valence-electron chi connectivity index (χ3n) is 3.34. The Morgan fingerprint density at radius 3 is 2.76 bits per heavy atom. The average molecular weight is 227 g/mol. The second-order valence-corrected chi connectivity index (χ2v) is 4.76. The fourth-order valence-corrected chi connectivity index (χ4v) is 2.44. The molecule has 1 aromatic heterocycles. The Kier molecular flexibility index (Phi) is 2.39. The third kappa shape index (κ3) is 1.82. The fraction of sp³-hybridized carbons (Fsp3) is 0.357. The molecule has 0 amide bonds. The van der Waals surface area contributed by atoms with Gasteiger partial charge in [-0.1, -0.05) is 29.8 Å². The molecule has 17 heavy (non-hydrogen) atoms. The molecule has 0 saturated carbocycles. The Hall–Kier alpha value is -1.77. The quantitative estimate of drug-likeness (QED) is 0.811. The number of nitrogens with one attached hydrogen (secondary N) is 1. The number of aryl methyl sites for hydroxylation is 2. The predicted molar refractivity (Wildman–Crippen MR) is 69.4 cm³/mol. The molecule has 2 heterocycles. The lowest BCUT2D eigenvalue weighted by Gasteiger charge is -2.26. The summed E-state index contributed by atoms with van der Waals surface area (Å²) in [5.41, 5.74) is 3.73. The normalized spacial score (nSPS) is 18.6. The molecule has 0 saturated heterocycles. The number of benzene rings is 1. The molecule has 3 heteroatoms. The Bertz CT molecular complexity index is 525. The van der Waals surface area contributed by atoms with Gasteiger partial charge in [0.2, 0.25) is 0 Å². The number of aromatic nitrogens is 2. The molecule has 88 valence electrons. The summed E-state index contributed by atoms with van der Waals surface area (Å²) in [4.78, 5) is 0. The van der Waals surface area contributed by atoms with Crippen molar-refractivity contribution < 1.29 is 0 Å². The van der Waals surface area contributed by atoms with Crippen molar-refractivity contribution in [3.63, 3.8) is 0 Å². The summed E-state index contributed by atoms with van der Waals surface area (Å²) in [7, 11) is 0. The van der Waals surface area contributed by atoms with Crippen LogP contribution in [0.2, 0.25) is 0 Å². The maximum Gasteiger partial charge on any atom is 0.125 e. The highest BCUT2D eigenvalue weighted by molar-refractivity contribution is 5.41. The van der Waals surface area contributed by atoms with E-state index in [2.05, 4.69) is 52.4 Å². The van der Waals surface area contributed by atoms with Crippen molar-refractivity contribution in [2.45, 2.75) is 26.3 Å². The van der Waals surface area contributed by atoms with E-state index in [0.717, 1.165) is 24.5 Å². The molecular formula is C14H17N3. The highest BCUT2D eigenvalue weighted by Gasteiger charge is 2.21. The highest BCUT2D eigenvalue weighted by Crippen LogP contribution is 2.29. The highest BCUT2D eigenvalue weighted by atomic mass is 15.4. The van der Waals surface area contributed by atoms with Crippen LogP contribution >= 0.6 is 0 Å². The molecule has 0 fully saturated rings. The first-order valence-corrected chi connectivity index (χ1v) is 6.10. The van der Waals surface area contributed by atoms with Crippen LogP contribution in [0.25, 0.3) is 0 Å². The largest absolute Gasteiger partial charge is 0.370 e. The molecule has 3 nitrogen and oxygen atoms in total. The molecule has 1 unspecified atom stereocenters. The summed E-state index contributed by atoms with van der Waals surface area (Å²) >= 11 is 0. The molecule has 1 aliphatic rings. The lowest BCUT2D eigenvalue weighted by atomic mass is 10.0. The van der Waals surface area contributed by atoms with E-state index >= 15 is 0 Å². The van der Waals surface area contributed by atoms with E-state index in [4.69, 9.17) is 0 Å². The van der Waals surface area contributed by atoms with Gasteiger partial charge in [-0.25, -0.2) is 4.68 Å². The van der Waals surface area contributed by atoms with Crippen molar-refractivity contribution >= 4 is 5.82 Å². The Balaban J connectivity index is 2.02. The summed E-state index contributed by atoms with van der Waals surface area (Å²) in [6.07, 6.45) is 1.09. The first-order valence-electron chi connectivity index (χ1n) is 6.10. The van der Waals surface area contributed by atoms with Crippen molar-refractivity contribution in [3.05, 3.63) is 47.2 Å². The van der Waals surface area contributed by atoms with Gasteiger partial charge in [0.05, 0.1) is 11.7 Å². The van der Waals surface area contributed by atoms with Crippen LogP contribution in [0.15, 0.2) is 30.3 Å². The summed E-state index contributed by atoms with van der Waals surface area (Å²) < 4.78 is 2.11. The predicted octanol–water partition coefficient (Wildman–Crippen LogP) is 2.90. The van der Waals surface area contributed by atoms with Crippen LogP contribution in [0.4, 0.5) is 5.82 Å². The Morgan fingerprint density at radius 2 is 2.00 bits per heavy atom. The minimum atomic E-state index is 0.376. The second kappa shape index (κ2) is 3.91. The monoisotopic (exact) mass is 227 g/mol. The van der Waals surface area contributed by atoms with Gasteiger partial charge in [-0.05, 0) is 25.8 Å². The van der Waals surface area contributed by atoms with E-state index in [0.29, 0.717) is 6.04 Å². The van der Waals surface area contributed by atoms with Crippen LogP contribution in [-0.2, 0) is 0 Å². The lowest BCUT2D eigenvalue weighted by Crippen LogP contribution is -2.24. The van der Waals surface area contributed by atoms with E-state index in [-0.39, 0.29) is 0 Å². The first-order chi connectivity index (χ1) is 8.24. The fourth-order valence-electron chi connectivity index (χ4n) is 2.44. The SMILES string of the molecule is Cc1ccc(C2CCNc3cc(C)nn32)cc1. The molecular weight excluding hydrogens is 210 g/mol. The smallest absolute Gasteiger partial charge is 0.125 e. The molecule has 0 spiro atoms. The van der Waals surface area contributed by atoms with Crippen LogP contribution in [-0.4, -0.2) is 16.3 Å². The number of fused-ring (bicyclic) bond motifs is 1. The van der Waals surface area contributed by atoms with Gasteiger partial charge < -0.3 is 5.32 Å². The molecule has 0 aliphatic carbocycles. The van der Waals surface area contributed by atoms with Crippen LogP contribution in [0.5, 0.6) is 0 Å². The van der Waals surface area contributed by atoms with Gasteiger partial charge in [0.15, 0.2) is 0 Å². The van der Waals surface area contributed by atoms with Crippen LogP contribution in [0.3, 0.4) is 0 Å². The zero-order valence-corrected chi connectivity index (χ0v) is 10.3. The zero-order valence-electron chi connectivity index (χ0n) is 10.3. The maximum atomic E-state index is 4.59. The van der Waals surface area contributed by atoms with E-state index in [1.54, 1.807) is 0 Å². The first kappa shape index (κ1) is 10.4. The third-order valence-corrected chi connectivity index (χ3v) is 3.34. The molecule has 1 atom stereocenters. The van der Waals surface area contributed by atoms with Gasteiger partial charge in [0.25, 0.3) is 0 Å². The van der Waals surface area contributed by atoms with Gasteiger partial charge in [0, 0.05) is 12.6 Å². The van der Waals surface area contributed by atoms with Crippen molar-refractivity contribution in [2.75, 3.05) is 11.9 Å². The molecule has 1 aromatic carbocycles. The van der Waals surface area contributed by atoms with E-state index < -0.39 is 0 Å². The van der Waals surface area contributed by atoms with Crippen LogP contribution < -0.4 is 5.32 Å². The number of nitrogens with zero attached hydrogens (tertiary/aromatic N) is 2. The molecule has 3 rings (SSSR count). The van der Waals surface area contributed by atoms with Crippen molar-refractivity contribution in [1.82, 2.24) is 9.78 Å². The maximum absolute atomic E-state index is 4.59. The number of hydrogen-bond acceptors (Lipinski definition) is 2. The summed E-state index contributed by atoms with van der Waals surface area (Å²) in [6, 6.07) is 11.3. The van der Waals surface area contributed by atoms with E-state index in [1.165, 1.54) is 11.1 Å². The Labute approximate surface area is 101 Å². The van der Waals surface area contributed by atoms with Gasteiger partial charge in [-0.3, -0.25) is 0 Å². The second-order valence-electron chi connectivity index (χ2n) is 4.76. The standard InChI is InChI=1S/C14H17N3/c1-10-3-5-12(6-4-10)13-7-8-15-14-9-11(2)16-17(13)14/h3-6,9,13,15H,7-8H2,1-2H3. The van der Waals surface area contributed by atoms with Gasteiger partial charge >= 0.3 is 0 Å². The van der Waals surface area contributed by atoms with Gasteiger partial charge in [0.1, 0.15) is 5.82 Å². The van der Waals surface area contributed by atoms with E-state index in [9.17, 15) is 0 Å². The van der Waals surface area contributed by atoms with Crippen LogP contribution in [0, 0.1) is 13.8 Å². The van der Waals surface area contributed by atoms with Gasteiger partial charge in [-0.15, -0.1) is 0 Å². The minimum Gasteiger partial charge on any atom is -0.370 e. The number of rotatable bonds is 1.